The number of nitrogens with one attached hydrogen (secondary N) is 2. The van der Waals surface area contributed by atoms with Gasteiger partial charge in [0.25, 0.3) is 0 Å². The zero-order chi connectivity index (χ0) is 14.7. The number of carbonyl (C=O) groups excluding carboxylic acids is 1. The summed E-state index contributed by atoms with van der Waals surface area (Å²) < 4.78 is 2.09. The second-order valence-corrected chi connectivity index (χ2v) is 5.74. The quantitative estimate of drug-likeness (QED) is 0.832. The number of carbonyl (C=O) groups is 1. The minimum absolute atomic E-state index is 0.0491. The molecule has 0 spiro atoms. The topological polar surface area (TPSA) is 61.7 Å². The third-order valence-electron chi connectivity index (χ3n) is 3.29. The third kappa shape index (κ3) is 2.78. The van der Waals surface area contributed by atoms with E-state index in [1.807, 2.05) is 37.5 Å². The highest BCUT2D eigenvalue weighted by atomic mass is 32.1. The smallest absolute Gasteiger partial charge is 0.224 e. The van der Waals surface area contributed by atoms with Crippen LogP contribution in [0.3, 0.4) is 0 Å². The molecule has 0 aliphatic rings. The fourth-order valence-electron chi connectivity index (χ4n) is 2.29. The van der Waals surface area contributed by atoms with Crippen molar-refractivity contribution in [1.29, 1.82) is 0 Å². The SMILES string of the molecule is CNCc1c(N(C)CC(C)C(=O)NC)nc2sccn12. The van der Waals surface area contributed by atoms with Crippen LogP contribution in [0.25, 0.3) is 4.96 Å². The maximum Gasteiger partial charge on any atom is 0.224 e. The van der Waals surface area contributed by atoms with Crippen molar-refractivity contribution in [3.8, 4) is 0 Å². The van der Waals surface area contributed by atoms with Gasteiger partial charge < -0.3 is 15.5 Å². The van der Waals surface area contributed by atoms with Gasteiger partial charge in [-0.3, -0.25) is 9.20 Å². The number of hydrogen-bond acceptors (Lipinski definition) is 5. The summed E-state index contributed by atoms with van der Waals surface area (Å²) in [5, 5.41) is 7.88. The molecule has 7 heteroatoms. The van der Waals surface area contributed by atoms with E-state index in [1.54, 1.807) is 18.4 Å². The number of hydrogen-bond donors (Lipinski definition) is 2. The summed E-state index contributed by atoms with van der Waals surface area (Å²) in [5.41, 5.74) is 1.12. The van der Waals surface area contributed by atoms with E-state index in [-0.39, 0.29) is 11.8 Å². The summed E-state index contributed by atoms with van der Waals surface area (Å²) in [4.78, 5) is 19.3. The Labute approximate surface area is 122 Å². The second-order valence-electron chi connectivity index (χ2n) is 4.86. The molecule has 0 bridgehead atoms. The molecule has 0 aliphatic heterocycles. The van der Waals surface area contributed by atoms with Gasteiger partial charge in [0.2, 0.25) is 5.91 Å². The van der Waals surface area contributed by atoms with Gasteiger partial charge in [0.15, 0.2) is 10.8 Å². The molecule has 1 unspecified atom stereocenters. The number of imidazole rings is 1. The minimum atomic E-state index is -0.0767. The molecule has 2 aromatic rings. The molecule has 2 N–H and O–H groups in total. The lowest BCUT2D eigenvalue weighted by atomic mass is 10.1. The van der Waals surface area contributed by atoms with Crippen LogP contribution in [0.15, 0.2) is 11.6 Å². The zero-order valence-electron chi connectivity index (χ0n) is 12.3. The average Bonchev–Trinajstić information content (AvgIpc) is 3.00. The fraction of sp³-hybridized carbons (Fsp3) is 0.538. The highest BCUT2D eigenvalue weighted by Gasteiger charge is 2.20. The van der Waals surface area contributed by atoms with Crippen LogP contribution in [0.5, 0.6) is 0 Å². The Bertz CT molecular complexity index is 591. The standard InChI is InChI=1S/C13H21N5OS/c1-9(12(19)15-3)8-17(4)11-10(7-14-2)18-5-6-20-13(18)16-11/h5-6,9,14H,7-8H2,1-4H3,(H,15,19). The molecule has 0 fully saturated rings. The molecule has 0 aliphatic carbocycles. The maximum absolute atomic E-state index is 11.6. The van der Waals surface area contributed by atoms with E-state index in [0.717, 1.165) is 23.0 Å². The van der Waals surface area contributed by atoms with Crippen molar-refractivity contribution in [2.24, 2.45) is 5.92 Å². The van der Waals surface area contributed by atoms with Crippen LogP contribution in [0.1, 0.15) is 12.6 Å². The van der Waals surface area contributed by atoms with Gasteiger partial charge in [0.1, 0.15) is 0 Å². The summed E-state index contributed by atoms with van der Waals surface area (Å²) in [7, 11) is 5.56. The van der Waals surface area contributed by atoms with Crippen LogP contribution in [0.2, 0.25) is 0 Å². The van der Waals surface area contributed by atoms with Crippen LogP contribution in [-0.4, -0.2) is 43.0 Å². The van der Waals surface area contributed by atoms with Gasteiger partial charge in [0.05, 0.1) is 11.6 Å². The first-order valence-corrected chi connectivity index (χ1v) is 7.48. The van der Waals surface area contributed by atoms with Gasteiger partial charge in [-0.1, -0.05) is 6.92 Å². The van der Waals surface area contributed by atoms with Crippen molar-refractivity contribution < 1.29 is 4.79 Å². The largest absolute Gasteiger partial charge is 0.359 e. The Morgan fingerprint density at radius 1 is 1.55 bits per heavy atom. The van der Waals surface area contributed by atoms with Crippen molar-refractivity contribution >= 4 is 28.0 Å². The van der Waals surface area contributed by atoms with Crippen LogP contribution in [0, 0.1) is 5.92 Å². The number of rotatable bonds is 6. The molecule has 2 rings (SSSR count). The first-order chi connectivity index (χ1) is 9.58. The van der Waals surface area contributed by atoms with E-state index in [1.165, 1.54) is 0 Å². The Hall–Kier alpha value is -1.60. The van der Waals surface area contributed by atoms with E-state index in [9.17, 15) is 4.79 Å². The Morgan fingerprint density at radius 3 is 2.95 bits per heavy atom. The van der Waals surface area contributed by atoms with Crippen molar-refractivity contribution in [3.05, 3.63) is 17.3 Å². The van der Waals surface area contributed by atoms with Crippen LogP contribution >= 0.6 is 11.3 Å². The van der Waals surface area contributed by atoms with Crippen molar-refractivity contribution in [3.63, 3.8) is 0 Å². The second kappa shape index (κ2) is 6.23. The first-order valence-electron chi connectivity index (χ1n) is 6.60. The lowest BCUT2D eigenvalue weighted by Crippen LogP contribution is -2.35. The molecule has 0 radical (unpaired) electrons. The molecule has 0 saturated carbocycles. The molecule has 6 nitrogen and oxygen atoms in total. The molecule has 0 aromatic carbocycles. The highest BCUT2D eigenvalue weighted by Crippen LogP contribution is 2.24. The number of fused-ring (bicyclic) bond motifs is 1. The summed E-state index contributed by atoms with van der Waals surface area (Å²) >= 11 is 1.61. The summed E-state index contributed by atoms with van der Waals surface area (Å²) in [6.07, 6.45) is 2.03. The van der Waals surface area contributed by atoms with E-state index in [4.69, 9.17) is 0 Å². The third-order valence-corrected chi connectivity index (χ3v) is 4.04. The molecule has 1 atom stereocenters. The molecule has 0 saturated heterocycles. The van der Waals surface area contributed by atoms with Crippen LogP contribution in [-0.2, 0) is 11.3 Å². The monoisotopic (exact) mass is 295 g/mol. The predicted molar refractivity (Wildman–Crippen MR) is 82.3 cm³/mol. The minimum Gasteiger partial charge on any atom is -0.359 e. The van der Waals surface area contributed by atoms with Crippen molar-refractivity contribution in [1.82, 2.24) is 20.0 Å². The van der Waals surface area contributed by atoms with E-state index in [2.05, 4.69) is 20.0 Å². The summed E-state index contributed by atoms with van der Waals surface area (Å²) in [6.45, 7) is 3.30. The average molecular weight is 295 g/mol. The Balaban J connectivity index is 2.24. The number of aromatic nitrogens is 2. The zero-order valence-corrected chi connectivity index (χ0v) is 13.1. The van der Waals surface area contributed by atoms with Gasteiger partial charge >= 0.3 is 0 Å². The molecule has 1 amide bonds. The highest BCUT2D eigenvalue weighted by molar-refractivity contribution is 7.15. The van der Waals surface area contributed by atoms with Gasteiger partial charge in [0, 0.05) is 38.8 Å². The molecule has 2 aromatic heterocycles. The number of amides is 1. The van der Waals surface area contributed by atoms with Crippen LogP contribution in [0.4, 0.5) is 5.82 Å². The fourth-order valence-corrected chi connectivity index (χ4v) is 3.01. The Kier molecular flexibility index (Phi) is 4.61. The normalized spacial score (nSPS) is 12.6. The lowest BCUT2D eigenvalue weighted by Gasteiger charge is -2.21. The molecule has 20 heavy (non-hydrogen) atoms. The molecule has 2 heterocycles. The predicted octanol–water partition coefficient (Wildman–Crippen LogP) is 0.933. The van der Waals surface area contributed by atoms with Gasteiger partial charge in [-0.05, 0) is 7.05 Å². The summed E-state index contributed by atoms with van der Waals surface area (Å²) in [5.74, 6) is 0.905. The van der Waals surface area contributed by atoms with Crippen molar-refractivity contribution in [2.75, 3.05) is 32.6 Å². The Morgan fingerprint density at radius 2 is 2.30 bits per heavy atom. The first kappa shape index (κ1) is 14.8. The lowest BCUT2D eigenvalue weighted by molar-refractivity contribution is -0.123. The van der Waals surface area contributed by atoms with Gasteiger partial charge in [-0.25, -0.2) is 4.98 Å². The molecular formula is C13H21N5OS. The summed E-state index contributed by atoms with van der Waals surface area (Å²) in [6, 6.07) is 0. The van der Waals surface area contributed by atoms with E-state index < -0.39 is 0 Å². The van der Waals surface area contributed by atoms with E-state index in [0.29, 0.717) is 6.54 Å². The van der Waals surface area contributed by atoms with E-state index >= 15 is 0 Å². The maximum atomic E-state index is 11.6. The van der Waals surface area contributed by atoms with Crippen LogP contribution < -0.4 is 15.5 Å². The van der Waals surface area contributed by atoms with Gasteiger partial charge in [-0.2, -0.15) is 0 Å². The number of nitrogens with zero attached hydrogens (tertiary/aromatic N) is 3. The number of anilines is 1. The van der Waals surface area contributed by atoms with Gasteiger partial charge in [-0.15, -0.1) is 11.3 Å². The molecule has 110 valence electrons. The molecular weight excluding hydrogens is 274 g/mol. The van der Waals surface area contributed by atoms with Crippen molar-refractivity contribution in [2.45, 2.75) is 13.5 Å². The number of thiazole rings is 1.